The van der Waals surface area contributed by atoms with Gasteiger partial charge in [0.1, 0.15) is 12.4 Å². The summed E-state index contributed by atoms with van der Waals surface area (Å²) in [7, 11) is 0. The molecule has 0 aliphatic heterocycles. The Morgan fingerprint density at radius 3 is 2.81 bits per heavy atom. The zero-order valence-electron chi connectivity index (χ0n) is 10.9. The standard InChI is InChI=1S/C12H14F3N3O3/c13-7-2-1-3-8(11(7)12(16)18-20)17-10(19)4-5-21-6-9(14)15/h1-3,9,20H,4-6H2,(H2,16,18)(H,17,19). The molecule has 21 heavy (non-hydrogen) atoms. The zero-order valence-corrected chi connectivity index (χ0v) is 10.9. The van der Waals surface area contributed by atoms with Gasteiger partial charge in [0.05, 0.1) is 24.3 Å². The Morgan fingerprint density at radius 1 is 1.48 bits per heavy atom. The fraction of sp³-hybridized carbons (Fsp3) is 0.333. The van der Waals surface area contributed by atoms with Gasteiger partial charge in [-0.05, 0) is 12.1 Å². The van der Waals surface area contributed by atoms with Crippen LogP contribution in [0.3, 0.4) is 0 Å². The maximum Gasteiger partial charge on any atom is 0.261 e. The van der Waals surface area contributed by atoms with Crippen LogP contribution in [0.5, 0.6) is 0 Å². The molecule has 0 aliphatic rings. The van der Waals surface area contributed by atoms with Crippen LogP contribution in [0.25, 0.3) is 0 Å². The van der Waals surface area contributed by atoms with E-state index >= 15 is 0 Å². The molecular formula is C12H14F3N3O3. The summed E-state index contributed by atoms with van der Waals surface area (Å²) in [6, 6.07) is 3.76. The molecule has 0 unspecified atom stereocenters. The minimum Gasteiger partial charge on any atom is -0.409 e. The number of anilines is 1. The molecule has 0 bridgehead atoms. The number of amides is 1. The molecule has 0 aliphatic carbocycles. The van der Waals surface area contributed by atoms with Crippen molar-refractivity contribution in [3.8, 4) is 0 Å². The van der Waals surface area contributed by atoms with E-state index in [4.69, 9.17) is 10.9 Å². The number of halogens is 3. The van der Waals surface area contributed by atoms with Gasteiger partial charge in [-0.15, -0.1) is 0 Å². The normalized spacial score (nSPS) is 11.7. The van der Waals surface area contributed by atoms with E-state index in [0.717, 1.165) is 6.07 Å². The first-order valence-corrected chi connectivity index (χ1v) is 5.87. The number of alkyl halides is 2. The topological polar surface area (TPSA) is 96.9 Å². The summed E-state index contributed by atoms with van der Waals surface area (Å²) in [5.74, 6) is -1.86. The number of carbonyl (C=O) groups is 1. The maximum atomic E-state index is 13.6. The van der Waals surface area contributed by atoms with Gasteiger partial charge in [-0.25, -0.2) is 13.2 Å². The van der Waals surface area contributed by atoms with Crippen LogP contribution in [0.4, 0.5) is 18.9 Å². The van der Waals surface area contributed by atoms with Crippen LogP contribution in [0.1, 0.15) is 12.0 Å². The first-order chi connectivity index (χ1) is 9.95. The predicted octanol–water partition coefficient (Wildman–Crippen LogP) is 1.53. The minimum atomic E-state index is -2.61. The predicted molar refractivity (Wildman–Crippen MR) is 69.0 cm³/mol. The van der Waals surface area contributed by atoms with Crippen molar-refractivity contribution in [3.05, 3.63) is 29.6 Å². The van der Waals surface area contributed by atoms with Crippen LogP contribution in [0.15, 0.2) is 23.4 Å². The number of carbonyl (C=O) groups excluding carboxylic acids is 1. The van der Waals surface area contributed by atoms with Crippen LogP contribution in [0.2, 0.25) is 0 Å². The molecular weight excluding hydrogens is 291 g/mol. The fourth-order valence-corrected chi connectivity index (χ4v) is 1.49. The van der Waals surface area contributed by atoms with E-state index < -0.39 is 30.6 Å². The summed E-state index contributed by atoms with van der Waals surface area (Å²) >= 11 is 0. The van der Waals surface area contributed by atoms with Crippen LogP contribution >= 0.6 is 0 Å². The highest BCUT2D eigenvalue weighted by Gasteiger charge is 2.15. The van der Waals surface area contributed by atoms with E-state index in [9.17, 15) is 18.0 Å². The van der Waals surface area contributed by atoms with Gasteiger partial charge in [-0.1, -0.05) is 11.2 Å². The van der Waals surface area contributed by atoms with Gasteiger partial charge in [0.25, 0.3) is 6.43 Å². The zero-order chi connectivity index (χ0) is 15.8. The van der Waals surface area contributed by atoms with Gasteiger partial charge in [-0.3, -0.25) is 4.79 Å². The highest BCUT2D eigenvalue weighted by atomic mass is 19.3. The highest BCUT2D eigenvalue weighted by Crippen LogP contribution is 2.19. The number of amidine groups is 1. The van der Waals surface area contributed by atoms with Gasteiger partial charge < -0.3 is 21.0 Å². The SMILES string of the molecule is N/C(=N/O)c1c(F)cccc1NC(=O)CCOCC(F)F. The molecule has 1 aromatic rings. The molecule has 0 saturated heterocycles. The summed E-state index contributed by atoms with van der Waals surface area (Å²) in [5.41, 5.74) is 5.07. The molecule has 0 radical (unpaired) electrons. The molecule has 6 nitrogen and oxygen atoms in total. The molecule has 0 spiro atoms. The summed E-state index contributed by atoms with van der Waals surface area (Å²) in [4.78, 5) is 11.6. The Morgan fingerprint density at radius 2 is 2.19 bits per heavy atom. The van der Waals surface area contributed by atoms with E-state index in [0.29, 0.717) is 0 Å². The lowest BCUT2D eigenvalue weighted by Gasteiger charge is -2.11. The third-order valence-electron chi connectivity index (χ3n) is 2.37. The minimum absolute atomic E-state index is 0.00385. The summed E-state index contributed by atoms with van der Waals surface area (Å²) < 4.78 is 41.8. The van der Waals surface area contributed by atoms with Crippen LogP contribution in [-0.2, 0) is 9.53 Å². The van der Waals surface area contributed by atoms with E-state index in [2.05, 4.69) is 15.2 Å². The van der Waals surface area contributed by atoms with Crippen LogP contribution in [-0.4, -0.2) is 36.6 Å². The molecule has 9 heteroatoms. The molecule has 4 N–H and O–H groups in total. The quantitative estimate of drug-likeness (QED) is 0.234. The van der Waals surface area contributed by atoms with E-state index in [1.165, 1.54) is 12.1 Å². The summed E-state index contributed by atoms with van der Waals surface area (Å²) in [6.45, 7) is -0.965. The third kappa shape index (κ3) is 5.30. The van der Waals surface area contributed by atoms with Crippen molar-refractivity contribution in [2.24, 2.45) is 10.9 Å². The smallest absolute Gasteiger partial charge is 0.261 e. The fourth-order valence-electron chi connectivity index (χ4n) is 1.49. The Hall–Kier alpha value is -2.29. The second kappa shape index (κ2) is 8.10. The van der Waals surface area contributed by atoms with Crippen molar-refractivity contribution >= 4 is 17.4 Å². The number of ether oxygens (including phenoxy) is 1. The number of nitrogens with one attached hydrogen (secondary N) is 1. The Kier molecular flexibility index (Phi) is 6.47. The van der Waals surface area contributed by atoms with Crippen molar-refractivity contribution in [3.63, 3.8) is 0 Å². The van der Waals surface area contributed by atoms with Gasteiger partial charge >= 0.3 is 0 Å². The molecule has 0 fully saturated rings. The van der Waals surface area contributed by atoms with Gasteiger partial charge in [-0.2, -0.15) is 0 Å². The average molecular weight is 305 g/mol. The molecule has 0 aromatic heterocycles. The summed E-state index contributed by atoms with van der Waals surface area (Å²) in [5, 5.41) is 13.6. The van der Waals surface area contributed by atoms with Gasteiger partial charge in [0.2, 0.25) is 5.91 Å². The second-order valence-corrected chi connectivity index (χ2v) is 3.91. The number of oxime groups is 1. The number of hydrogen-bond donors (Lipinski definition) is 3. The van der Waals surface area contributed by atoms with Crippen molar-refractivity contribution in [2.75, 3.05) is 18.5 Å². The lowest BCUT2D eigenvalue weighted by atomic mass is 10.1. The second-order valence-electron chi connectivity index (χ2n) is 3.91. The number of hydrogen-bond acceptors (Lipinski definition) is 4. The van der Waals surface area contributed by atoms with E-state index in [-0.39, 0.29) is 24.3 Å². The van der Waals surface area contributed by atoms with Crippen molar-refractivity contribution in [1.29, 1.82) is 0 Å². The Balaban J connectivity index is 2.66. The molecule has 1 amide bonds. The highest BCUT2D eigenvalue weighted by molar-refractivity contribution is 6.05. The van der Waals surface area contributed by atoms with Gasteiger partial charge in [0, 0.05) is 0 Å². The van der Waals surface area contributed by atoms with Crippen LogP contribution < -0.4 is 11.1 Å². The summed E-state index contributed by atoms with van der Waals surface area (Å²) in [6.07, 6.45) is -2.80. The lowest BCUT2D eigenvalue weighted by Crippen LogP contribution is -2.21. The van der Waals surface area contributed by atoms with Crippen molar-refractivity contribution in [1.82, 2.24) is 0 Å². The molecule has 0 atom stereocenters. The lowest BCUT2D eigenvalue weighted by molar-refractivity contribution is -0.117. The van der Waals surface area contributed by atoms with Crippen LogP contribution in [0, 0.1) is 5.82 Å². The van der Waals surface area contributed by atoms with Gasteiger partial charge in [0.15, 0.2) is 5.84 Å². The number of benzene rings is 1. The number of nitrogens with zero attached hydrogens (tertiary/aromatic N) is 1. The van der Waals surface area contributed by atoms with E-state index in [1.807, 2.05) is 0 Å². The monoisotopic (exact) mass is 305 g/mol. The molecule has 0 heterocycles. The van der Waals surface area contributed by atoms with Crippen molar-refractivity contribution < 1.29 is 27.9 Å². The Bertz CT molecular complexity index is 524. The Labute approximate surface area is 118 Å². The number of nitrogens with two attached hydrogens (primary N) is 1. The first kappa shape index (κ1) is 16.8. The first-order valence-electron chi connectivity index (χ1n) is 5.87. The molecule has 116 valence electrons. The average Bonchev–Trinajstić information content (AvgIpc) is 2.43. The number of rotatable bonds is 7. The van der Waals surface area contributed by atoms with Crippen molar-refractivity contribution in [2.45, 2.75) is 12.8 Å². The largest absolute Gasteiger partial charge is 0.409 e. The van der Waals surface area contributed by atoms with E-state index in [1.54, 1.807) is 0 Å². The molecule has 0 saturated carbocycles. The third-order valence-corrected chi connectivity index (χ3v) is 2.37. The maximum absolute atomic E-state index is 13.6. The molecule has 1 aromatic carbocycles. The molecule has 1 rings (SSSR count).